The molecule has 0 bridgehead atoms. The van der Waals surface area contributed by atoms with Gasteiger partial charge >= 0.3 is 0 Å². The van der Waals surface area contributed by atoms with E-state index in [1.54, 1.807) is 38.1 Å². The maximum atomic E-state index is 12.7. The van der Waals surface area contributed by atoms with Gasteiger partial charge in [0.2, 0.25) is 0 Å². The van der Waals surface area contributed by atoms with Crippen molar-refractivity contribution in [2.75, 3.05) is 0 Å². The molecule has 0 aliphatic heterocycles. The van der Waals surface area contributed by atoms with Crippen molar-refractivity contribution in [3.05, 3.63) is 76.4 Å². The van der Waals surface area contributed by atoms with Crippen molar-refractivity contribution in [1.29, 1.82) is 0 Å². The van der Waals surface area contributed by atoms with Crippen molar-refractivity contribution in [2.24, 2.45) is 5.10 Å². The Morgan fingerprint density at radius 3 is 2.61 bits per heavy atom. The van der Waals surface area contributed by atoms with Crippen LogP contribution in [0.1, 0.15) is 30.1 Å². The first-order chi connectivity index (χ1) is 13.6. The molecule has 0 fully saturated rings. The minimum Gasteiger partial charge on any atom is -0.455 e. The van der Waals surface area contributed by atoms with Crippen LogP contribution in [0.25, 0.3) is 21.7 Å². The van der Waals surface area contributed by atoms with Crippen LogP contribution in [0.4, 0.5) is 0 Å². The summed E-state index contributed by atoms with van der Waals surface area (Å²) in [5.74, 6) is 0.0757. The lowest BCUT2D eigenvalue weighted by Crippen LogP contribution is -2.28. The minimum absolute atomic E-state index is 0.151. The van der Waals surface area contributed by atoms with Crippen LogP contribution in [0.3, 0.4) is 0 Å². The first-order valence-electron chi connectivity index (χ1n) is 8.92. The number of nitrogens with zero attached hydrogens (tertiary/aromatic N) is 3. The van der Waals surface area contributed by atoms with E-state index >= 15 is 0 Å². The molecule has 0 aliphatic rings. The third-order valence-electron chi connectivity index (χ3n) is 4.49. The van der Waals surface area contributed by atoms with Gasteiger partial charge in [-0.15, -0.1) is 0 Å². The molecule has 1 amide bonds. The molecule has 2 heterocycles. The Hall–Kier alpha value is -3.74. The Morgan fingerprint density at radius 1 is 1.14 bits per heavy atom. The fraction of sp³-hybridized carbons (Fsp3) is 0.143. The van der Waals surface area contributed by atoms with Crippen molar-refractivity contribution in [1.82, 2.24) is 15.2 Å². The van der Waals surface area contributed by atoms with Crippen molar-refractivity contribution in [3.63, 3.8) is 0 Å². The summed E-state index contributed by atoms with van der Waals surface area (Å²) in [5.41, 5.74) is 3.72. The van der Waals surface area contributed by atoms with Gasteiger partial charge in [-0.25, -0.2) is 10.1 Å². The molecule has 2 aromatic carbocycles. The number of aryl methyl sites for hydroxylation is 1. The van der Waals surface area contributed by atoms with Crippen LogP contribution in [0.5, 0.6) is 0 Å². The smallest absolute Gasteiger partial charge is 0.292 e. The largest absolute Gasteiger partial charge is 0.455 e. The lowest BCUT2D eigenvalue weighted by Gasteiger charge is -2.08. The minimum atomic E-state index is -0.492. The molecular weight excluding hydrogens is 356 g/mol. The Kier molecular flexibility index (Phi) is 4.49. The second kappa shape index (κ2) is 7.11. The van der Waals surface area contributed by atoms with Gasteiger partial charge < -0.3 is 4.42 Å². The highest BCUT2D eigenvalue weighted by Gasteiger charge is 2.16. The normalized spacial score (nSPS) is 11.9. The van der Waals surface area contributed by atoms with Crippen molar-refractivity contribution in [3.8, 4) is 0 Å². The van der Waals surface area contributed by atoms with Gasteiger partial charge in [-0.1, -0.05) is 36.4 Å². The van der Waals surface area contributed by atoms with Crippen molar-refractivity contribution < 1.29 is 9.21 Å². The molecule has 28 heavy (non-hydrogen) atoms. The zero-order chi connectivity index (χ0) is 19.7. The van der Waals surface area contributed by atoms with E-state index in [1.165, 1.54) is 4.68 Å². The number of rotatable bonds is 4. The van der Waals surface area contributed by atoms with Gasteiger partial charge in [0.15, 0.2) is 11.5 Å². The molecule has 0 radical (unpaired) electrons. The molecule has 0 aliphatic carbocycles. The van der Waals surface area contributed by atoms with Gasteiger partial charge in [-0.3, -0.25) is 9.59 Å². The van der Waals surface area contributed by atoms with Crippen LogP contribution in [0, 0.1) is 0 Å². The van der Waals surface area contributed by atoms with E-state index in [0.717, 1.165) is 11.0 Å². The number of aromatic nitrogens is 2. The van der Waals surface area contributed by atoms with E-state index in [9.17, 15) is 9.59 Å². The quantitative estimate of drug-likeness (QED) is 0.438. The second-order valence-corrected chi connectivity index (χ2v) is 6.30. The lowest BCUT2D eigenvalue weighted by molar-refractivity contribution is 0.0949. The number of hydrazone groups is 1. The number of furan rings is 1. The molecular formula is C21H18N4O3. The maximum absolute atomic E-state index is 12.7. The van der Waals surface area contributed by atoms with Crippen LogP contribution >= 0.6 is 0 Å². The molecule has 7 nitrogen and oxygen atoms in total. The number of para-hydroxylation sites is 1. The van der Waals surface area contributed by atoms with E-state index in [0.29, 0.717) is 28.8 Å². The second-order valence-electron chi connectivity index (χ2n) is 6.30. The number of fused-ring (bicyclic) bond motifs is 2. The van der Waals surface area contributed by atoms with Crippen LogP contribution in [0.15, 0.2) is 68.9 Å². The first kappa shape index (κ1) is 17.7. The summed E-state index contributed by atoms with van der Waals surface area (Å²) in [7, 11) is 0. The van der Waals surface area contributed by atoms with E-state index in [1.807, 2.05) is 30.3 Å². The van der Waals surface area contributed by atoms with E-state index in [2.05, 4.69) is 15.6 Å². The molecule has 7 heteroatoms. The molecule has 2 aromatic heterocycles. The van der Waals surface area contributed by atoms with Crippen LogP contribution in [-0.4, -0.2) is 21.4 Å². The summed E-state index contributed by atoms with van der Waals surface area (Å²) in [5, 5.41) is 10.2. The molecule has 0 saturated carbocycles. The van der Waals surface area contributed by atoms with Gasteiger partial charge in [0, 0.05) is 17.3 Å². The number of hydrogen-bond donors (Lipinski definition) is 1. The Bertz CT molecular complexity index is 1250. The Balaban J connectivity index is 1.67. The number of benzene rings is 2. The van der Waals surface area contributed by atoms with Crippen LogP contribution < -0.4 is 11.0 Å². The summed E-state index contributed by atoms with van der Waals surface area (Å²) in [6, 6.07) is 16.4. The fourth-order valence-corrected chi connectivity index (χ4v) is 3.02. The monoisotopic (exact) mass is 374 g/mol. The SMILES string of the molecule is CCn1nc(C(=O)N/N=C(/C)c2cc3ccccc3o2)c2ccccc2c1=O. The third-order valence-corrected chi connectivity index (χ3v) is 4.49. The summed E-state index contributed by atoms with van der Waals surface area (Å²) in [4.78, 5) is 25.1. The number of carbonyl (C=O) groups excluding carboxylic acids is 1. The van der Waals surface area contributed by atoms with Gasteiger partial charge in [-0.2, -0.15) is 10.2 Å². The zero-order valence-electron chi connectivity index (χ0n) is 15.5. The molecule has 1 N–H and O–H groups in total. The van der Waals surface area contributed by atoms with Gasteiger partial charge in [-0.05, 0) is 32.0 Å². The zero-order valence-corrected chi connectivity index (χ0v) is 15.5. The third kappa shape index (κ3) is 3.07. The van der Waals surface area contributed by atoms with E-state index < -0.39 is 5.91 Å². The first-order valence-corrected chi connectivity index (χ1v) is 8.92. The van der Waals surface area contributed by atoms with Gasteiger partial charge in [0.1, 0.15) is 11.3 Å². The molecule has 140 valence electrons. The van der Waals surface area contributed by atoms with Crippen LogP contribution in [0.2, 0.25) is 0 Å². The number of nitrogens with one attached hydrogen (secondary N) is 1. The average Bonchev–Trinajstić information content (AvgIpc) is 3.16. The number of amides is 1. The van der Waals surface area contributed by atoms with Gasteiger partial charge in [0.05, 0.1) is 5.39 Å². The molecule has 0 unspecified atom stereocenters. The number of carbonyl (C=O) groups is 1. The van der Waals surface area contributed by atoms with E-state index in [4.69, 9.17) is 4.42 Å². The standard InChI is InChI=1S/C21H18N4O3/c1-3-25-21(27)16-10-6-5-9-15(16)19(24-25)20(26)23-22-13(2)18-12-14-8-4-7-11-17(14)28-18/h4-12H,3H2,1-2H3,(H,23,26)/b22-13-. The molecule has 0 saturated heterocycles. The lowest BCUT2D eigenvalue weighted by atomic mass is 10.1. The van der Waals surface area contributed by atoms with Gasteiger partial charge in [0.25, 0.3) is 11.5 Å². The molecule has 4 rings (SSSR count). The Morgan fingerprint density at radius 2 is 1.86 bits per heavy atom. The summed E-state index contributed by atoms with van der Waals surface area (Å²) < 4.78 is 7.02. The molecule has 0 spiro atoms. The van der Waals surface area contributed by atoms with Crippen molar-refractivity contribution >= 4 is 33.4 Å². The molecule has 0 atom stereocenters. The highest BCUT2D eigenvalue weighted by molar-refractivity contribution is 6.06. The van der Waals surface area contributed by atoms with Crippen LogP contribution in [-0.2, 0) is 6.54 Å². The highest BCUT2D eigenvalue weighted by Crippen LogP contribution is 2.19. The predicted molar refractivity (Wildman–Crippen MR) is 108 cm³/mol. The average molecular weight is 374 g/mol. The summed E-state index contributed by atoms with van der Waals surface area (Å²) >= 11 is 0. The summed E-state index contributed by atoms with van der Waals surface area (Å²) in [6.45, 7) is 3.91. The fourth-order valence-electron chi connectivity index (χ4n) is 3.02. The highest BCUT2D eigenvalue weighted by atomic mass is 16.3. The predicted octanol–water partition coefficient (Wildman–Crippen LogP) is 3.32. The maximum Gasteiger partial charge on any atom is 0.292 e. The van der Waals surface area contributed by atoms with Crippen molar-refractivity contribution in [2.45, 2.75) is 20.4 Å². The van der Waals surface area contributed by atoms with E-state index in [-0.39, 0.29) is 11.3 Å². The Labute approximate surface area is 160 Å². The number of hydrogen-bond acceptors (Lipinski definition) is 5. The molecule has 4 aromatic rings. The topological polar surface area (TPSA) is 89.5 Å². The summed E-state index contributed by atoms with van der Waals surface area (Å²) in [6.07, 6.45) is 0.